The molecular formula is C14H26N2O3. The van der Waals surface area contributed by atoms with Crippen molar-refractivity contribution in [3.05, 3.63) is 0 Å². The normalized spacial score (nSPS) is 18.9. The number of hydrogen-bond acceptors (Lipinski definition) is 4. The summed E-state index contributed by atoms with van der Waals surface area (Å²) in [5, 5.41) is 2.87. The summed E-state index contributed by atoms with van der Waals surface area (Å²) in [7, 11) is 0. The summed E-state index contributed by atoms with van der Waals surface area (Å²) in [6.45, 7) is 8.40. The Morgan fingerprint density at radius 3 is 2.42 bits per heavy atom. The second-order valence-corrected chi connectivity index (χ2v) is 5.09. The lowest BCUT2D eigenvalue weighted by Gasteiger charge is -2.36. The lowest BCUT2D eigenvalue weighted by Crippen LogP contribution is -2.47. The maximum absolute atomic E-state index is 11.8. The molecule has 1 amide bonds. The minimum absolute atomic E-state index is 0.0281. The third-order valence-electron chi connectivity index (χ3n) is 3.67. The van der Waals surface area contributed by atoms with Crippen LogP contribution in [0.5, 0.6) is 0 Å². The lowest BCUT2D eigenvalue weighted by atomic mass is 9.95. The molecule has 1 heterocycles. The molecule has 1 saturated heterocycles. The predicted molar refractivity (Wildman–Crippen MR) is 73.7 cm³/mol. The van der Waals surface area contributed by atoms with Gasteiger partial charge in [-0.05, 0) is 45.2 Å². The van der Waals surface area contributed by atoms with E-state index in [1.807, 2.05) is 13.8 Å². The van der Waals surface area contributed by atoms with E-state index in [1.165, 1.54) is 0 Å². The van der Waals surface area contributed by atoms with Crippen LogP contribution in [0.1, 0.15) is 40.0 Å². The van der Waals surface area contributed by atoms with Crippen molar-refractivity contribution in [2.45, 2.75) is 46.1 Å². The summed E-state index contributed by atoms with van der Waals surface area (Å²) < 4.78 is 5.12. The molecule has 1 fully saturated rings. The lowest BCUT2D eigenvalue weighted by molar-refractivity contribution is -0.150. The maximum Gasteiger partial charge on any atom is 0.323 e. The van der Waals surface area contributed by atoms with Crippen LogP contribution in [0.4, 0.5) is 0 Å². The van der Waals surface area contributed by atoms with E-state index >= 15 is 0 Å². The minimum atomic E-state index is -0.110. The first-order chi connectivity index (χ1) is 9.08. The monoisotopic (exact) mass is 270 g/mol. The summed E-state index contributed by atoms with van der Waals surface area (Å²) >= 11 is 0. The predicted octanol–water partition coefficient (Wildman–Crippen LogP) is 1.18. The third-order valence-corrected chi connectivity index (χ3v) is 3.67. The Morgan fingerprint density at radius 1 is 1.32 bits per heavy atom. The Hall–Kier alpha value is -1.10. The van der Waals surface area contributed by atoms with Crippen molar-refractivity contribution in [2.75, 3.05) is 26.2 Å². The van der Waals surface area contributed by atoms with Crippen LogP contribution in [0.15, 0.2) is 0 Å². The highest BCUT2D eigenvalue weighted by atomic mass is 16.5. The van der Waals surface area contributed by atoms with Crippen LogP contribution >= 0.6 is 0 Å². The Labute approximate surface area is 115 Å². The average Bonchev–Trinajstić information content (AvgIpc) is 2.39. The van der Waals surface area contributed by atoms with Crippen LogP contribution in [-0.4, -0.2) is 49.1 Å². The number of ether oxygens (including phenoxy) is 1. The fourth-order valence-electron chi connectivity index (χ4n) is 2.57. The molecule has 0 aliphatic carbocycles. The molecule has 0 saturated carbocycles. The highest BCUT2D eigenvalue weighted by molar-refractivity contribution is 5.75. The van der Waals surface area contributed by atoms with Crippen molar-refractivity contribution in [1.82, 2.24) is 10.2 Å². The van der Waals surface area contributed by atoms with E-state index in [1.54, 1.807) is 6.92 Å². The minimum Gasteiger partial charge on any atom is -0.465 e. The number of carbonyl (C=O) groups excluding carboxylic acids is 2. The molecular weight excluding hydrogens is 244 g/mol. The second kappa shape index (κ2) is 8.15. The topological polar surface area (TPSA) is 58.6 Å². The number of likely N-dealkylation sites (tertiary alicyclic amines) is 1. The molecule has 0 radical (unpaired) electrons. The van der Waals surface area contributed by atoms with Gasteiger partial charge in [-0.2, -0.15) is 0 Å². The number of esters is 1. The molecule has 0 spiro atoms. The smallest absolute Gasteiger partial charge is 0.323 e. The van der Waals surface area contributed by atoms with Gasteiger partial charge in [0, 0.05) is 13.5 Å². The van der Waals surface area contributed by atoms with E-state index < -0.39 is 0 Å². The van der Waals surface area contributed by atoms with E-state index in [0.29, 0.717) is 12.5 Å². The van der Waals surface area contributed by atoms with Gasteiger partial charge in [-0.25, -0.2) is 0 Å². The molecule has 1 atom stereocenters. The van der Waals surface area contributed by atoms with Gasteiger partial charge >= 0.3 is 5.97 Å². The van der Waals surface area contributed by atoms with Crippen molar-refractivity contribution in [1.29, 1.82) is 0 Å². The van der Waals surface area contributed by atoms with Crippen LogP contribution in [0.25, 0.3) is 0 Å². The Balaban J connectivity index is 2.38. The summed E-state index contributed by atoms with van der Waals surface area (Å²) in [5.41, 5.74) is 0. The second-order valence-electron chi connectivity index (χ2n) is 5.09. The van der Waals surface area contributed by atoms with Crippen molar-refractivity contribution in [3.8, 4) is 0 Å². The van der Waals surface area contributed by atoms with Gasteiger partial charge in [0.1, 0.15) is 6.04 Å². The first kappa shape index (κ1) is 16.0. The molecule has 1 aliphatic rings. The highest BCUT2D eigenvalue weighted by Gasteiger charge is 2.29. The zero-order valence-corrected chi connectivity index (χ0v) is 12.3. The van der Waals surface area contributed by atoms with Gasteiger partial charge in [-0.3, -0.25) is 14.5 Å². The highest BCUT2D eigenvalue weighted by Crippen LogP contribution is 2.20. The molecule has 1 rings (SSSR count). The maximum atomic E-state index is 11.8. The van der Waals surface area contributed by atoms with Gasteiger partial charge < -0.3 is 10.1 Å². The van der Waals surface area contributed by atoms with Crippen LogP contribution in [-0.2, 0) is 14.3 Å². The SMILES string of the molecule is CCOC(=O)C(CC)N1CCC(CNC(C)=O)CC1. The van der Waals surface area contributed by atoms with E-state index in [2.05, 4.69) is 10.2 Å². The molecule has 0 aromatic rings. The number of amides is 1. The number of carbonyl (C=O) groups is 2. The quantitative estimate of drug-likeness (QED) is 0.736. The molecule has 110 valence electrons. The fraction of sp³-hybridized carbons (Fsp3) is 0.857. The van der Waals surface area contributed by atoms with Gasteiger partial charge in [0.25, 0.3) is 0 Å². The van der Waals surface area contributed by atoms with Gasteiger partial charge in [0.15, 0.2) is 0 Å². The molecule has 5 nitrogen and oxygen atoms in total. The number of hydrogen-bond donors (Lipinski definition) is 1. The molecule has 19 heavy (non-hydrogen) atoms. The van der Waals surface area contributed by atoms with Crippen LogP contribution < -0.4 is 5.32 Å². The first-order valence-corrected chi connectivity index (χ1v) is 7.23. The number of nitrogens with one attached hydrogen (secondary N) is 1. The number of piperidine rings is 1. The number of nitrogens with zero attached hydrogens (tertiary/aromatic N) is 1. The number of rotatable bonds is 6. The van der Waals surface area contributed by atoms with Crippen molar-refractivity contribution < 1.29 is 14.3 Å². The van der Waals surface area contributed by atoms with Gasteiger partial charge in [0.2, 0.25) is 5.91 Å². The van der Waals surface area contributed by atoms with E-state index in [9.17, 15) is 9.59 Å². The summed E-state index contributed by atoms with van der Waals surface area (Å²) in [6.07, 6.45) is 2.83. The van der Waals surface area contributed by atoms with E-state index in [-0.39, 0.29) is 17.9 Å². The van der Waals surface area contributed by atoms with Gasteiger partial charge in [-0.15, -0.1) is 0 Å². The largest absolute Gasteiger partial charge is 0.465 e. The molecule has 0 aromatic carbocycles. The standard InChI is InChI=1S/C14H26N2O3/c1-4-13(14(18)19-5-2)16-8-6-12(7-9-16)10-15-11(3)17/h12-13H,4-10H2,1-3H3,(H,15,17). The van der Waals surface area contributed by atoms with E-state index in [0.717, 1.165) is 38.9 Å². The fourth-order valence-corrected chi connectivity index (χ4v) is 2.57. The van der Waals surface area contributed by atoms with Crippen molar-refractivity contribution in [3.63, 3.8) is 0 Å². The molecule has 1 N–H and O–H groups in total. The zero-order chi connectivity index (χ0) is 14.3. The van der Waals surface area contributed by atoms with E-state index in [4.69, 9.17) is 4.74 Å². The molecule has 5 heteroatoms. The Bertz CT molecular complexity index is 299. The summed E-state index contributed by atoms with van der Waals surface area (Å²) in [6, 6.07) is -0.110. The average molecular weight is 270 g/mol. The Kier molecular flexibility index (Phi) is 6.84. The molecule has 0 bridgehead atoms. The van der Waals surface area contributed by atoms with Gasteiger partial charge in [0.05, 0.1) is 6.61 Å². The van der Waals surface area contributed by atoms with Gasteiger partial charge in [-0.1, -0.05) is 6.92 Å². The zero-order valence-electron chi connectivity index (χ0n) is 12.3. The summed E-state index contributed by atoms with van der Waals surface area (Å²) in [5.74, 6) is 0.450. The molecule has 1 aliphatic heterocycles. The van der Waals surface area contributed by atoms with Crippen LogP contribution in [0, 0.1) is 5.92 Å². The molecule has 0 aromatic heterocycles. The molecule has 1 unspecified atom stereocenters. The van der Waals surface area contributed by atoms with Crippen molar-refractivity contribution >= 4 is 11.9 Å². The van der Waals surface area contributed by atoms with Crippen LogP contribution in [0.2, 0.25) is 0 Å². The first-order valence-electron chi connectivity index (χ1n) is 7.23. The summed E-state index contributed by atoms with van der Waals surface area (Å²) in [4.78, 5) is 24.9. The van der Waals surface area contributed by atoms with Crippen molar-refractivity contribution in [2.24, 2.45) is 5.92 Å². The Morgan fingerprint density at radius 2 is 1.95 bits per heavy atom. The van der Waals surface area contributed by atoms with Crippen LogP contribution in [0.3, 0.4) is 0 Å². The third kappa shape index (κ3) is 5.19.